The summed E-state index contributed by atoms with van der Waals surface area (Å²) >= 11 is 6.63. The van der Waals surface area contributed by atoms with Crippen LogP contribution in [0.2, 0.25) is 5.02 Å². The van der Waals surface area contributed by atoms with Gasteiger partial charge in [0.2, 0.25) is 5.91 Å². The van der Waals surface area contributed by atoms with Gasteiger partial charge in [-0.1, -0.05) is 11.6 Å². The Balaban J connectivity index is 1.42. The number of phenols is 2. The monoisotopic (exact) mass is 607 g/mol. The third-order valence-electron chi connectivity index (χ3n) is 4.92. The van der Waals surface area contributed by atoms with Crippen LogP contribution in [-0.2, 0) is 27.5 Å². The Morgan fingerprint density at radius 3 is 2.51 bits per heavy atom. The molecule has 0 aliphatic rings. The number of pyridine rings is 1. The Labute approximate surface area is 229 Å². The number of amides is 2. The maximum absolute atomic E-state index is 12.7. The largest absolute Gasteiger partial charge is 0.508 e. The molecule has 0 saturated heterocycles. The van der Waals surface area contributed by atoms with E-state index in [0.29, 0.717) is 11.1 Å². The number of hydrazine groups is 1. The smallest absolute Gasteiger partial charge is 0.417 e. The zero-order valence-electron chi connectivity index (χ0n) is 19.7. The topological polar surface area (TPSA) is 170 Å². The summed E-state index contributed by atoms with van der Waals surface area (Å²) in [5, 5.41) is 24.0. The number of phenolic OH excluding ortho intramolecular Hbond substituents is 2. The standard InChI is InChI=1S/C22H21ClF3N5O6S2/c23-16-8-12(22(24,25)26)10-28-20(16)27-7-1-2-18(34)30-31-39(36,37)19-6-4-14(38-19)11-29-21(35)15-5-3-13(32)9-17(15)33/h3-6,8-10,31-33H,1-2,7,11H2,(H,27,28)(H,29,35)(H,30,34). The van der Waals surface area contributed by atoms with Crippen molar-refractivity contribution in [1.82, 2.24) is 20.6 Å². The number of nitrogens with one attached hydrogen (secondary N) is 4. The van der Waals surface area contributed by atoms with Gasteiger partial charge in [-0.25, -0.2) is 13.4 Å². The highest BCUT2D eigenvalue weighted by Crippen LogP contribution is 2.32. The molecule has 6 N–H and O–H groups in total. The fraction of sp³-hybridized carbons (Fsp3) is 0.227. The first-order chi connectivity index (χ1) is 18.3. The molecule has 0 unspecified atom stereocenters. The number of anilines is 1. The van der Waals surface area contributed by atoms with Crippen LogP contribution in [0.25, 0.3) is 0 Å². The molecule has 0 radical (unpaired) electrons. The number of nitrogens with zero attached hydrogens (tertiary/aromatic N) is 1. The van der Waals surface area contributed by atoms with E-state index in [0.717, 1.165) is 23.5 Å². The van der Waals surface area contributed by atoms with Crippen LogP contribution in [-0.4, -0.2) is 42.0 Å². The number of aromatic hydroxyl groups is 2. The van der Waals surface area contributed by atoms with Crippen LogP contribution in [0.5, 0.6) is 11.5 Å². The Hall–Kier alpha value is -3.60. The zero-order chi connectivity index (χ0) is 28.8. The SMILES string of the molecule is O=C(CCCNc1ncc(C(F)(F)F)cc1Cl)NNS(=O)(=O)c1ccc(CNC(=O)c2ccc(O)cc2O)s1. The number of sulfonamides is 1. The molecule has 3 aromatic rings. The molecule has 3 rings (SSSR count). The molecular weight excluding hydrogens is 587 g/mol. The number of halogens is 4. The van der Waals surface area contributed by atoms with Crippen LogP contribution < -0.4 is 20.9 Å². The Morgan fingerprint density at radius 2 is 1.85 bits per heavy atom. The molecule has 0 spiro atoms. The average molecular weight is 608 g/mol. The van der Waals surface area contributed by atoms with Crippen LogP contribution in [0.15, 0.2) is 46.8 Å². The van der Waals surface area contributed by atoms with Gasteiger partial charge in [0.15, 0.2) is 0 Å². The molecule has 0 aliphatic heterocycles. The van der Waals surface area contributed by atoms with Gasteiger partial charge in [0.05, 0.1) is 22.7 Å². The maximum Gasteiger partial charge on any atom is 0.417 e. The third kappa shape index (κ3) is 8.44. The van der Waals surface area contributed by atoms with Crippen molar-refractivity contribution in [2.45, 2.75) is 29.8 Å². The maximum atomic E-state index is 12.7. The van der Waals surface area contributed by atoms with Gasteiger partial charge < -0.3 is 20.8 Å². The van der Waals surface area contributed by atoms with Gasteiger partial charge in [-0.05, 0) is 36.8 Å². The molecule has 0 aliphatic carbocycles. The van der Waals surface area contributed by atoms with E-state index in [1.54, 1.807) is 0 Å². The van der Waals surface area contributed by atoms with Crippen molar-refractivity contribution in [3.05, 3.63) is 63.6 Å². The van der Waals surface area contributed by atoms with Crippen LogP contribution in [0.4, 0.5) is 19.0 Å². The van der Waals surface area contributed by atoms with Crippen molar-refractivity contribution in [2.24, 2.45) is 0 Å². The van der Waals surface area contributed by atoms with E-state index >= 15 is 0 Å². The minimum absolute atomic E-state index is 0.00957. The van der Waals surface area contributed by atoms with Gasteiger partial charge in [-0.15, -0.1) is 16.2 Å². The molecule has 0 fully saturated rings. The minimum atomic E-state index is -4.58. The number of thiophene rings is 1. The Morgan fingerprint density at radius 1 is 1.10 bits per heavy atom. The molecule has 0 saturated carbocycles. The van der Waals surface area contributed by atoms with Crippen LogP contribution in [0.3, 0.4) is 0 Å². The molecule has 0 atom stereocenters. The second-order valence-electron chi connectivity index (χ2n) is 7.84. The highest BCUT2D eigenvalue weighted by molar-refractivity contribution is 7.91. The first kappa shape index (κ1) is 29.9. The lowest BCUT2D eigenvalue weighted by Gasteiger charge is -2.11. The predicted molar refractivity (Wildman–Crippen MR) is 136 cm³/mol. The summed E-state index contributed by atoms with van der Waals surface area (Å²) < 4.78 is 62.8. The summed E-state index contributed by atoms with van der Waals surface area (Å²) in [6, 6.07) is 6.94. The van der Waals surface area contributed by atoms with Gasteiger partial charge in [0.25, 0.3) is 15.9 Å². The van der Waals surface area contributed by atoms with Gasteiger partial charge in [0, 0.05) is 30.1 Å². The second-order valence-corrected chi connectivity index (χ2v) is 11.3. The molecule has 1 aromatic carbocycles. The predicted octanol–water partition coefficient (Wildman–Crippen LogP) is 3.36. The summed E-state index contributed by atoms with van der Waals surface area (Å²) in [4.78, 5) is 30.3. The van der Waals surface area contributed by atoms with E-state index in [-0.39, 0.29) is 52.3 Å². The normalized spacial score (nSPS) is 11.7. The lowest BCUT2D eigenvalue weighted by Crippen LogP contribution is -2.41. The van der Waals surface area contributed by atoms with E-state index < -0.39 is 39.3 Å². The van der Waals surface area contributed by atoms with Gasteiger partial charge in [0.1, 0.15) is 21.5 Å². The van der Waals surface area contributed by atoms with Crippen molar-refractivity contribution in [3.63, 3.8) is 0 Å². The summed E-state index contributed by atoms with van der Waals surface area (Å²) in [6.45, 7) is 0.0800. The van der Waals surface area contributed by atoms with E-state index in [2.05, 4.69) is 21.0 Å². The van der Waals surface area contributed by atoms with Crippen LogP contribution >= 0.6 is 22.9 Å². The first-order valence-corrected chi connectivity index (χ1v) is 13.6. The highest BCUT2D eigenvalue weighted by atomic mass is 35.5. The molecule has 11 nitrogen and oxygen atoms in total. The minimum Gasteiger partial charge on any atom is -0.508 e. The van der Waals surface area contributed by atoms with Crippen molar-refractivity contribution >= 4 is 50.6 Å². The summed E-state index contributed by atoms with van der Waals surface area (Å²) in [6.07, 6.45) is -3.90. The Kier molecular flexibility index (Phi) is 9.60. The molecule has 39 heavy (non-hydrogen) atoms. The fourth-order valence-electron chi connectivity index (χ4n) is 2.99. The van der Waals surface area contributed by atoms with Crippen LogP contribution in [0.1, 0.15) is 33.6 Å². The second kappa shape index (κ2) is 12.5. The van der Waals surface area contributed by atoms with Crippen molar-refractivity contribution < 1.29 is 41.4 Å². The number of alkyl halides is 3. The molecule has 2 amide bonds. The van der Waals surface area contributed by atoms with Gasteiger partial charge >= 0.3 is 6.18 Å². The molecule has 210 valence electrons. The number of rotatable bonds is 11. The quantitative estimate of drug-likeness (QED) is 0.142. The van der Waals surface area contributed by atoms with Gasteiger partial charge in [-0.3, -0.25) is 15.0 Å². The fourth-order valence-corrected chi connectivity index (χ4v) is 5.38. The third-order valence-corrected chi connectivity index (χ3v) is 8.03. The molecule has 2 aromatic heterocycles. The van der Waals surface area contributed by atoms with Crippen molar-refractivity contribution in [1.29, 1.82) is 0 Å². The van der Waals surface area contributed by atoms with Gasteiger partial charge in [-0.2, -0.15) is 13.2 Å². The van der Waals surface area contributed by atoms with E-state index in [1.165, 1.54) is 24.3 Å². The number of carbonyl (C=O) groups is 2. The highest BCUT2D eigenvalue weighted by Gasteiger charge is 2.31. The summed E-state index contributed by atoms with van der Waals surface area (Å²) in [5.41, 5.74) is 0.993. The lowest BCUT2D eigenvalue weighted by atomic mass is 10.2. The summed E-state index contributed by atoms with van der Waals surface area (Å²) in [7, 11) is -4.11. The Bertz CT molecular complexity index is 1470. The first-order valence-electron chi connectivity index (χ1n) is 10.9. The summed E-state index contributed by atoms with van der Waals surface area (Å²) in [5.74, 6) is -1.92. The number of hydrogen-bond donors (Lipinski definition) is 6. The number of aromatic nitrogens is 1. The van der Waals surface area contributed by atoms with E-state index in [9.17, 15) is 41.4 Å². The molecule has 2 heterocycles. The van der Waals surface area contributed by atoms with Crippen LogP contribution in [0, 0.1) is 0 Å². The number of benzene rings is 1. The van der Waals surface area contributed by atoms with E-state index in [4.69, 9.17) is 11.6 Å². The molecule has 0 bridgehead atoms. The van der Waals surface area contributed by atoms with E-state index in [1.807, 2.05) is 4.83 Å². The lowest BCUT2D eigenvalue weighted by molar-refractivity contribution is -0.137. The number of carbonyl (C=O) groups excluding carboxylic acids is 2. The number of hydrogen-bond acceptors (Lipinski definition) is 9. The molecular formula is C22H21ClF3N5O6S2. The zero-order valence-corrected chi connectivity index (χ0v) is 22.1. The van der Waals surface area contributed by atoms with Crippen molar-refractivity contribution in [2.75, 3.05) is 11.9 Å². The average Bonchev–Trinajstić information content (AvgIpc) is 3.34. The van der Waals surface area contributed by atoms with Crippen molar-refractivity contribution in [3.8, 4) is 11.5 Å². The molecule has 17 heteroatoms.